The Morgan fingerprint density at radius 3 is 2.54 bits per heavy atom. The van der Waals surface area contributed by atoms with Crippen molar-refractivity contribution in [3.8, 4) is 0 Å². The highest BCUT2D eigenvalue weighted by Gasteiger charge is 2.35. The quantitative estimate of drug-likeness (QED) is 0.915. The fraction of sp³-hybridized carbons (Fsp3) is 0.450. The van der Waals surface area contributed by atoms with E-state index in [9.17, 15) is 4.79 Å². The molecular formula is C20H24N4O2. The minimum atomic E-state index is -0.0786. The summed E-state index contributed by atoms with van der Waals surface area (Å²) in [7, 11) is 0. The van der Waals surface area contributed by atoms with Crippen molar-refractivity contribution in [2.75, 3.05) is 36.5 Å². The lowest BCUT2D eigenvalue weighted by atomic mass is 9.75. The smallest absolute Gasteiger partial charge is 0.227 e. The van der Waals surface area contributed by atoms with Gasteiger partial charge in [0.1, 0.15) is 5.82 Å². The molecule has 1 aliphatic heterocycles. The number of hydrogen-bond donors (Lipinski definition) is 1. The van der Waals surface area contributed by atoms with Crippen LogP contribution >= 0.6 is 0 Å². The van der Waals surface area contributed by atoms with Crippen LogP contribution in [0.5, 0.6) is 0 Å². The second kappa shape index (κ2) is 6.68. The van der Waals surface area contributed by atoms with Crippen molar-refractivity contribution in [1.29, 1.82) is 0 Å². The molecule has 1 fully saturated rings. The molecule has 1 saturated heterocycles. The maximum absolute atomic E-state index is 12.8. The van der Waals surface area contributed by atoms with Crippen molar-refractivity contribution in [2.24, 2.45) is 5.41 Å². The molecule has 136 valence electrons. The number of aromatic nitrogens is 2. The average Bonchev–Trinajstić information content (AvgIpc) is 2.61. The van der Waals surface area contributed by atoms with E-state index in [1.165, 1.54) is 0 Å². The number of nitrogens with one attached hydrogen (secondary N) is 1. The number of benzene rings is 1. The second-order valence-electron chi connectivity index (χ2n) is 7.73. The summed E-state index contributed by atoms with van der Waals surface area (Å²) in [5, 5.41) is 3.34. The van der Waals surface area contributed by atoms with E-state index in [1.54, 1.807) is 0 Å². The SMILES string of the molecule is CC1(C)CC(=O)c2c(nc(N3CCOCC3)nc2Nc2ccccc2)C1. The molecule has 1 aromatic heterocycles. The monoisotopic (exact) mass is 352 g/mol. The summed E-state index contributed by atoms with van der Waals surface area (Å²) in [4.78, 5) is 24.5. The van der Waals surface area contributed by atoms with Crippen molar-refractivity contribution in [3.63, 3.8) is 0 Å². The minimum absolute atomic E-state index is 0.0786. The molecule has 0 spiro atoms. The lowest BCUT2D eigenvalue weighted by Gasteiger charge is -2.32. The number of ether oxygens (including phenoxy) is 1. The number of para-hydroxylation sites is 1. The van der Waals surface area contributed by atoms with E-state index in [-0.39, 0.29) is 11.2 Å². The molecule has 0 unspecified atom stereocenters. The van der Waals surface area contributed by atoms with Crippen molar-refractivity contribution in [2.45, 2.75) is 26.7 Å². The van der Waals surface area contributed by atoms with Crippen molar-refractivity contribution in [3.05, 3.63) is 41.6 Å². The summed E-state index contributed by atoms with van der Waals surface area (Å²) in [5.41, 5.74) is 2.33. The molecule has 2 heterocycles. The molecule has 6 heteroatoms. The van der Waals surface area contributed by atoms with E-state index in [4.69, 9.17) is 14.7 Å². The first-order chi connectivity index (χ1) is 12.5. The number of fused-ring (bicyclic) bond motifs is 1. The lowest BCUT2D eigenvalue weighted by Crippen LogP contribution is -2.38. The molecule has 0 saturated carbocycles. The van der Waals surface area contributed by atoms with Crippen LogP contribution in [0.3, 0.4) is 0 Å². The van der Waals surface area contributed by atoms with Crippen LogP contribution in [0.25, 0.3) is 0 Å². The number of ketones is 1. The van der Waals surface area contributed by atoms with Gasteiger partial charge in [-0.15, -0.1) is 0 Å². The van der Waals surface area contributed by atoms with E-state index in [2.05, 4.69) is 24.1 Å². The number of morpholine rings is 1. The average molecular weight is 352 g/mol. The van der Waals surface area contributed by atoms with Gasteiger partial charge in [0.05, 0.1) is 24.5 Å². The van der Waals surface area contributed by atoms with Gasteiger partial charge in [-0.25, -0.2) is 4.98 Å². The van der Waals surface area contributed by atoms with Crippen LogP contribution in [-0.4, -0.2) is 42.1 Å². The van der Waals surface area contributed by atoms with Gasteiger partial charge >= 0.3 is 0 Å². The van der Waals surface area contributed by atoms with Gasteiger partial charge in [0.25, 0.3) is 0 Å². The van der Waals surface area contributed by atoms with E-state index >= 15 is 0 Å². The number of carbonyl (C=O) groups is 1. The topological polar surface area (TPSA) is 67.4 Å². The Bertz CT molecular complexity index is 814. The number of rotatable bonds is 3. The highest BCUT2D eigenvalue weighted by molar-refractivity contribution is 6.03. The maximum Gasteiger partial charge on any atom is 0.227 e. The van der Waals surface area contributed by atoms with Gasteiger partial charge in [-0.3, -0.25) is 4.79 Å². The van der Waals surface area contributed by atoms with Crippen LogP contribution in [0.1, 0.15) is 36.3 Å². The Morgan fingerprint density at radius 1 is 1.08 bits per heavy atom. The van der Waals surface area contributed by atoms with Gasteiger partial charge in [0, 0.05) is 25.2 Å². The first-order valence-corrected chi connectivity index (χ1v) is 9.11. The predicted molar refractivity (Wildman–Crippen MR) is 101 cm³/mol. The fourth-order valence-corrected chi connectivity index (χ4v) is 3.61. The number of Topliss-reactive ketones (excluding diaryl/α,β-unsaturated/α-hetero) is 1. The molecule has 4 rings (SSSR count). The first-order valence-electron chi connectivity index (χ1n) is 9.11. The van der Waals surface area contributed by atoms with E-state index in [0.29, 0.717) is 37.0 Å². The zero-order valence-electron chi connectivity index (χ0n) is 15.3. The molecular weight excluding hydrogens is 328 g/mol. The third-order valence-corrected chi connectivity index (χ3v) is 4.87. The van der Waals surface area contributed by atoms with Crippen molar-refractivity contribution in [1.82, 2.24) is 9.97 Å². The van der Waals surface area contributed by atoms with E-state index in [1.807, 2.05) is 30.3 Å². The lowest BCUT2D eigenvalue weighted by molar-refractivity contribution is 0.0910. The summed E-state index contributed by atoms with van der Waals surface area (Å²) in [6.45, 7) is 7.11. The molecule has 1 aliphatic carbocycles. The van der Waals surface area contributed by atoms with Gasteiger partial charge in [-0.05, 0) is 24.0 Å². The van der Waals surface area contributed by atoms with Crippen molar-refractivity contribution >= 4 is 23.2 Å². The van der Waals surface area contributed by atoms with Gasteiger partial charge in [-0.2, -0.15) is 4.98 Å². The Balaban J connectivity index is 1.78. The van der Waals surface area contributed by atoms with Crippen LogP contribution < -0.4 is 10.2 Å². The second-order valence-corrected chi connectivity index (χ2v) is 7.73. The molecule has 0 atom stereocenters. The minimum Gasteiger partial charge on any atom is -0.378 e. The first kappa shape index (κ1) is 17.0. The number of anilines is 3. The highest BCUT2D eigenvalue weighted by atomic mass is 16.5. The van der Waals surface area contributed by atoms with Crippen LogP contribution in [0.15, 0.2) is 30.3 Å². The molecule has 1 aromatic carbocycles. The van der Waals surface area contributed by atoms with Gasteiger partial charge in [0.2, 0.25) is 5.95 Å². The van der Waals surface area contributed by atoms with Crippen molar-refractivity contribution < 1.29 is 9.53 Å². The fourth-order valence-electron chi connectivity index (χ4n) is 3.61. The van der Waals surface area contributed by atoms with Gasteiger partial charge in [0.15, 0.2) is 5.78 Å². The van der Waals surface area contributed by atoms with Gasteiger partial charge in [-0.1, -0.05) is 32.0 Å². The standard InChI is InChI=1S/C20H24N4O2/c1-20(2)12-15-17(16(25)13-20)18(21-14-6-4-3-5-7-14)23-19(22-15)24-8-10-26-11-9-24/h3-7H,8-13H2,1-2H3,(H,21,22,23). The zero-order chi connectivity index (χ0) is 18.1. The molecule has 6 nitrogen and oxygen atoms in total. The Morgan fingerprint density at radius 2 is 1.81 bits per heavy atom. The summed E-state index contributed by atoms with van der Waals surface area (Å²) in [5.74, 6) is 1.40. The zero-order valence-corrected chi connectivity index (χ0v) is 15.3. The van der Waals surface area contributed by atoms with E-state index < -0.39 is 0 Å². The van der Waals surface area contributed by atoms with E-state index in [0.717, 1.165) is 30.9 Å². The molecule has 1 N–H and O–H groups in total. The molecule has 2 aliphatic rings. The Labute approximate surface area is 153 Å². The predicted octanol–water partition coefficient (Wildman–Crippen LogP) is 3.21. The molecule has 0 radical (unpaired) electrons. The van der Waals surface area contributed by atoms with Crippen LogP contribution in [0, 0.1) is 5.41 Å². The normalized spacial score (nSPS) is 19.2. The number of hydrogen-bond acceptors (Lipinski definition) is 6. The molecule has 26 heavy (non-hydrogen) atoms. The molecule has 2 aromatic rings. The summed E-state index contributed by atoms with van der Waals surface area (Å²) < 4.78 is 5.44. The van der Waals surface area contributed by atoms with Crippen LogP contribution in [0.4, 0.5) is 17.5 Å². The maximum atomic E-state index is 12.8. The summed E-state index contributed by atoms with van der Waals surface area (Å²) >= 11 is 0. The van der Waals surface area contributed by atoms with Crippen LogP contribution in [0.2, 0.25) is 0 Å². The number of nitrogens with zero attached hydrogens (tertiary/aromatic N) is 3. The third-order valence-electron chi connectivity index (χ3n) is 4.87. The van der Waals surface area contributed by atoms with Crippen LogP contribution in [-0.2, 0) is 11.2 Å². The molecule has 0 bridgehead atoms. The summed E-state index contributed by atoms with van der Waals surface area (Å²) in [6.07, 6.45) is 1.29. The van der Waals surface area contributed by atoms with Gasteiger partial charge < -0.3 is 15.0 Å². The largest absolute Gasteiger partial charge is 0.378 e. The highest BCUT2D eigenvalue weighted by Crippen LogP contribution is 2.38. The Kier molecular flexibility index (Phi) is 4.36. The Hall–Kier alpha value is -2.47. The third kappa shape index (κ3) is 3.42. The summed E-state index contributed by atoms with van der Waals surface area (Å²) in [6, 6.07) is 9.83. The number of carbonyl (C=O) groups excluding carboxylic acids is 1. The molecule has 0 amide bonds.